The highest BCUT2D eigenvalue weighted by molar-refractivity contribution is 6.10. The number of rotatable bonds is 5. The summed E-state index contributed by atoms with van der Waals surface area (Å²) >= 11 is 0. The molecule has 4 aromatic rings. The van der Waals surface area contributed by atoms with E-state index in [1.807, 2.05) is 53.1 Å². The zero-order valence-corrected chi connectivity index (χ0v) is 19.9. The van der Waals surface area contributed by atoms with E-state index in [2.05, 4.69) is 44.9 Å². The Hall–Kier alpha value is -4.46. The van der Waals surface area contributed by atoms with Gasteiger partial charge in [0.15, 0.2) is 0 Å². The van der Waals surface area contributed by atoms with Crippen molar-refractivity contribution < 1.29 is 0 Å². The highest BCUT2D eigenvalue weighted by atomic mass is 15.3. The van der Waals surface area contributed by atoms with Crippen LogP contribution in [-0.2, 0) is 6.54 Å². The van der Waals surface area contributed by atoms with Gasteiger partial charge in [-0.05, 0) is 49.1 Å². The number of nitrogens with two attached hydrogens (primary N) is 1. The number of benzene rings is 2. The molecule has 2 unspecified atom stereocenters. The number of fused-ring (bicyclic) bond motifs is 3. The van der Waals surface area contributed by atoms with E-state index >= 15 is 0 Å². The van der Waals surface area contributed by atoms with Crippen LogP contribution in [0.15, 0.2) is 84.0 Å². The minimum absolute atomic E-state index is 0.233. The van der Waals surface area contributed by atoms with E-state index in [0.717, 1.165) is 41.8 Å². The fraction of sp³-hybridized carbons (Fsp3) is 0.214. The van der Waals surface area contributed by atoms with Gasteiger partial charge >= 0.3 is 0 Å². The van der Waals surface area contributed by atoms with Crippen molar-refractivity contribution in [2.24, 2.45) is 4.99 Å². The molecule has 1 fully saturated rings. The summed E-state index contributed by atoms with van der Waals surface area (Å²) in [6.07, 6.45) is 5.06. The molecule has 0 radical (unpaired) electrons. The number of para-hydroxylation sites is 1. The number of nitrogen functional groups attached to an aromatic ring is 1. The van der Waals surface area contributed by atoms with E-state index in [9.17, 15) is 0 Å². The van der Waals surface area contributed by atoms with E-state index in [-0.39, 0.29) is 6.04 Å². The number of pyridine rings is 1. The molecule has 180 valence electrons. The molecular formula is C28H28N8. The fourth-order valence-electron chi connectivity index (χ4n) is 5.14. The first-order valence-corrected chi connectivity index (χ1v) is 12.3. The van der Waals surface area contributed by atoms with Crippen LogP contribution in [0.5, 0.6) is 0 Å². The molecule has 1 aliphatic carbocycles. The average molecular weight is 477 g/mol. The van der Waals surface area contributed by atoms with E-state index in [1.54, 1.807) is 6.20 Å². The molecule has 6 rings (SSSR count). The monoisotopic (exact) mass is 476 g/mol. The van der Waals surface area contributed by atoms with Crippen molar-refractivity contribution in [1.82, 2.24) is 14.5 Å². The van der Waals surface area contributed by atoms with Gasteiger partial charge in [-0.15, -0.1) is 0 Å². The Kier molecular flexibility index (Phi) is 5.69. The lowest BCUT2D eigenvalue weighted by Crippen LogP contribution is -2.33. The first-order chi connectivity index (χ1) is 17.7. The standard InChI is InChI=1S/C28H28N8/c29-25-24(26(30)36-23-11-6-10-22(23)34-28(36)35-25)27(33-20-7-2-1-3-8-20)32-17-18-12-14-19(15-13-18)21-9-4-5-16-31-21/h1-5,7-9,12-16,22-23,30H,6,10-11,17,29H2,(H,32,33)(H,34,35). The number of hydrogen-bond donors (Lipinski definition) is 4. The fourth-order valence-corrected chi connectivity index (χ4v) is 5.14. The van der Waals surface area contributed by atoms with Gasteiger partial charge in [0.2, 0.25) is 5.95 Å². The molecule has 2 atom stereocenters. The molecule has 3 heterocycles. The number of hydrogen-bond acceptors (Lipinski definition) is 6. The highest BCUT2D eigenvalue weighted by Crippen LogP contribution is 2.38. The molecule has 0 bridgehead atoms. The lowest BCUT2D eigenvalue weighted by Gasteiger charge is -2.17. The molecule has 36 heavy (non-hydrogen) atoms. The van der Waals surface area contributed by atoms with Crippen molar-refractivity contribution in [1.29, 1.82) is 5.41 Å². The second-order valence-corrected chi connectivity index (χ2v) is 9.23. The molecule has 0 amide bonds. The van der Waals surface area contributed by atoms with Crippen LogP contribution in [0, 0.1) is 5.41 Å². The summed E-state index contributed by atoms with van der Waals surface area (Å²) in [4.78, 5) is 14.0. The Balaban J connectivity index is 1.36. The summed E-state index contributed by atoms with van der Waals surface area (Å²) in [6, 6.07) is 24.5. The van der Waals surface area contributed by atoms with Crippen LogP contribution in [0.25, 0.3) is 11.3 Å². The van der Waals surface area contributed by atoms with Crippen LogP contribution in [0.3, 0.4) is 0 Å². The van der Waals surface area contributed by atoms with Gasteiger partial charge in [-0.25, -0.2) is 0 Å². The van der Waals surface area contributed by atoms with Crippen molar-refractivity contribution >= 4 is 23.3 Å². The van der Waals surface area contributed by atoms with Crippen LogP contribution in [0.2, 0.25) is 0 Å². The lowest BCUT2D eigenvalue weighted by molar-refractivity contribution is 0.510. The summed E-state index contributed by atoms with van der Waals surface area (Å²) < 4.78 is 1.99. The lowest BCUT2D eigenvalue weighted by atomic mass is 10.1. The smallest absolute Gasteiger partial charge is 0.206 e. The maximum atomic E-state index is 9.10. The molecule has 0 saturated heterocycles. The Morgan fingerprint density at radius 2 is 1.86 bits per heavy atom. The van der Waals surface area contributed by atoms with Gasteiger partial charge in [0, 0.05) is 23.5 Å². The predicted octanol–water partition coefficient (Wildman–Crippen LogP) is 4.58. The summed E-state index contributed by atoms with van der Waals surface area (Å²) in [5.74, 6) is 1.52. The maximum absolute atomic E-state index is 9.10. The molecule has 0 spiro atoms. The molecule has 8 nitrogen and oxygen atoms in total. The van der Waals surface area contributed by atoms with Crippen LogP contribution in [-0.4, -0.2) is 26.4 Å². The Labute approximate surface area is 209 Å². The molecule has 1 aliphatic heterocycles. The van der Waals surface area contributed by atoms with E-state index in [1.165, 1.54) is 0 Å². The second kappa shape index (κ2) is 9.30. The third-order valence-corrected chi connectivity index (χ3v) is 6.92. The second-order valence-electron chi connectivity index (χ2n) is 9.23. The van der Waals surface area contributed by atoms with Gasteiger partial charge in [0.05, 0.1) is 18.3 Å². The Bertz CT molecular complexity index is 1460. The van der Waals surface area contributed by atoms with Crippen molar-refractivity contribution in [2.75, 3.05) is 16.4 Å². The number of nitrogens with zero attached hydrogens (tertiary/aromatic N) is 4. The van der Waals surface area contributed by atoms with Crippen molar-refractivity contribution in [3.63, 3.8) is 0 Å². The third-order valence-electron chi connectivity index (χ3n) is 6.92. The minimum Gasteiger partial charge on any atom is -0.383 e. The van der Waals surface area contributed by atoms with Gasteiger partial charge in [-0.1, -0.05) is 48.5 Å². The Morgan fingerprint density at radius 1 is 1.06 bits per heavy atom. The molecule has 2 aliphatic rings. The molecule has 8 heteroatoms. The topological polar surface area (TPSA) is 117 Å². The summed E-state index contributed by atoms with van der Waals surface area (Å²) in [5, 5.41) is 16.0. The third kappa shape index (κ3) is 4.11. The predicted molar refractivity (Wildman–Crippen MR) is 143 cm³/mol. The first kappa shape index (κ1) is 22.0. The molecule has 2 aromatic carbocycles. The normalized spacial score (nSPS) is 18.4. The number of aliphatic imine (C=N–C) groups is 1. The SMILES string of the molecule is N=c1c(C(=NCc2ccc(-c3ccccn3)cc2)Nc2ccccc2)c(N)nc2n1C1CCCC1N2. The largest absolute Gasteiger partial charge is 0.383 e. The van der Waals surface area contributed by atoms with Crippen molar-refractivity contribution in [3.8, 4) is 11.3 Å². The van der Waals surface area contributed by atoms with E-state index in [4.69, 9.17) is 16.1 Å². The zero-order chi connectivity index (χ0) is 24.5. The molecule has 1 saturated carbocycles. The summed E-state index contributed by atoms with van der Waals surface area (Å²) in [5.41, 5.74) is 11.2. The average Bonchev–Trinajstić information content (AvgIpc) is 3.49. The quantitative estimate of drug-likeness (QED) is 0.248. The minimum atomic E-state index is 0.233. The molecular weight excluding hydrogens is 448 g/mol. The Morgan fingerprint density at radius 3 is 2.64 bits per heavy atom. The summed E-state index contributed by atoms with van der Waals surface area (Å²) in [6.45, 7) is 0.433. The summed E-state index contributed by atoms with van der Waals surface area (Å²) in [7, 11) is 0. The van der Waals surface area contributed by atoms with Crippen LogP contribution in [0.4, 0.5) is 17.5 Å². The molecule has 5 N–H and O–H groups in total. The van der Waals surface area contributed by atoms with Gasteiger partial charge < -0.3 is 16.4 Å². The number of aromatic nitrogens is 3. The van der Waals surface area contributed by atoms with E-state index in [0.29, 0.717) is 41.2 Å². The van der Waals surface area contributed by atoms with Gasteiger partial charge in [-0.2, -0.15) is 4.98 Å². The number of nitrogens with one attached hydrogen (secondary N) is 3. The maximum Gasteiger partial charge on any atom is 0.206 e. The first-order valence-electron chi connectivity index (χ1n) is 12.3. The highest BCUT2D eigenvalue weighted by Gasteiger charge is 2.37. The van der Waals surface area contributed by atoms with Crippen LogP contribution < -0.4 is 21.9 Å². The molecule has 2 aromatic heterocycles. The van der Waals surface area contributed by atoms with Crippen molar-refractivity contribution in [2.45, 2.75) is 37.9 Å². The van der Waals surface area contributed by atoms with Gasteiger partial charge in [-0.3, -0.25) is 20.0 Å². The number of anilines is 3. The van der Waals surface area contributed by atoms with Gasteiger partial charge in [0.25, 0.3) is 0 Å². The van der Waals surface area contributed by atoms with Crippen LogP contribution >= 0.6 is 0 Å². The van der Waals surface area contributed by atoms with E-state index < -0.39 is 0 Å². The van der Waals surface area contributed by atoms with Crippen LogP contribution in [0.1, 0.15) is 36.4 Å². The number of amidine groups is 1. The van der Waals surface area contributed by atoms with Crippen molar-refractivity contribution in [3.05, 3.63) is 95.6 Å². The van der Waals surface area contributed by atoms with Gasteiger partial charge in [0.1, 0.15) is 22.7 Å². The zero-order valence-electron chi connectivity index (χ0n) is 19.9.